The zero-order valence-corrected chi connectivity index (χ0v) is 12.9. The van der Waals surface area contributed by atoms with Crippen molar-refractivity contribution in [1.29, 1.82) is 0 Å². The third-order valence-electron chi connectivity index (χ3n) is 2.48. The van der Waals surface area contributed by atoms with Crippen LogP contribution in [0.25, 0.3) is 0 Å². The lowest BCUT2D eigenvalue weighted by Crippen LogP contribution is -2.15. The van der Waals surface area contributed by atoms with E-state index < -0.39 is 31.5 Å². The highest BCUT2D eigenvalue weighted by Gasteiger charge is 2.24. The number of anilines is 1. The van der Waals surface area contributed by atoms with Gasteiger partial charge in [0.1, 0.15) is 4.90 Å². The van der Waals surface area contributed by atoms with Gasteiger partial charge in [0.05, 0.1) is 10.6 Å². The number of carbonyl (C=O) groups is 1. The molecule has 2 aromatic rings. The summed E-state index contributed by atoms with van der Waals surface area (Å²) >= 11 is 11.6. The Hall–Kier alpha value is -1.77. The highest BCUT2D eigenvalue weighted by Crippen LogP contribution is 2.30. The second kappa shape index (κ2) is 5.55. The first-order valence-corrected chi connectivity index (χ1v) is 7.69. The van der Waals surface area contributed by atoms with Crippen molar-refractivity contribution < 1.29 is 18.3 Å². The third kappa shape index (κ3) is 3.29. The van der Waals surface area contributed by atoms with Crippen LogP contribution in [0.5, 0.6) is 0 Å². The van der Waals surface area contributed by atoms with E-state index in [9.17, 15) is 13.2 Å². The molecule has 0 fully saturated rings. The summed E-state index contributed by atoms with van der Waals surface area (Å²) in [6.45, 7) is 0. The van der Waals surface area contributed by atoms with Crippen molar-refractivity contribution in [2.45, 2.75) is 4.90 Å². The van der Waals surface area contributed by atoms with Crippen molar-refractivity contribution in [3.05, 3.63) is 40.0 Å². The van der Waals surface area contributed by atoms with Crippen LogP contribution in [0.3, 0.4) is 0 Å². The topological polar surface area (TPSA) is 101 Å². The van der Waals surface area contributed by atoms with Crippen molar-refractivity contribution >= 4 is 45.0 Å². The van der Waals surface area contributed by atoms with Crippen LogP contribution in [0.15, 0.2) is 29.3 Å². The van der Waals surface area contributed by atoms with Crippen molar-refractivity contribution in [2.75, 3.05) is 4.72 Å². The average molecular weight is 350 g/mol. The van der Waals surface area contributed by atoms with Crippen molar-refractivity contribution in [3.63, 3.8) is 0 Å². The van der Waals surface area contributed by atoms with Crippen LogP contribution >= 0.6 is 23.2 Å². The molecule has 0 amide bonds. The van der Waals surface area contributed by atoms with Crippen molar-refractivity contribution in [2.24, 2.45) is 7.05 Å². The van der Waals surface area contributed by atoms with Crippen molar-refractivity contribution in [1.82, 2.24) is 9.78 Å². The standard InChI is InChI=1S/C11H9Cl2N3O4S/c1-16-3-2-9(14-16)15-21(19,20)8-5-6(12)4-7(10(8)13)11(17)18/h2-5H,1H3,(H,14,15)(H,17,18). The van der Waals surface area contributed by atoms with E-state index in [0.29, 0.717) is 0 Å². The average Bonchev–Trinajstić information content (AvgIpc) is 2.76. The second-order valence-corrected chi connectivity index (χ2v) is 6.52. The Morgan fingerprint density at radius 1 is 1.38 bits per heavy atom. The van der Waals surface area contributed by atoms with Gasteiger partial charge < -0.3 is 5.11 Å². The maximum absolute atomic E-state index is 12.3. The minimum absolute atomic E-state index is 0.0572. The number of nitrogens with zero attached hydrogens (tertiary/aromatic N) is 2. The number of sulfonamides is 1. The van der Waals surface area contributed by atoms with Crippen molar-refractivity contribution in [3.8, 4) is 0 Å². The SMILES string of the molecule is Cn1ccc(NS(=O)(=O)c2cc(Cl)cc(C(=O)O)c2Cl)n1. The fraction of sp³-hybridized carbons (Fsp3) is 0.0909. The Bertz CT molecular complexity index is 817. The normalized spacial score (nSPS) is 11.4. The summed E-state index contributed by atoms with van der Waals surface area (Å²) in [6, 6.07) is 3.59. The lowest BCUT2D eigenvalue weighted by Gasteiger charge is -2.10. The highest BCUT2D eigenvalue weighted by atomic mass is 35.5. The van der Waals surface area contributed by atoms with Gasteiger partial charge in [-0.2, -0.15) is 5.10 Å². The van der Waals surface area contributed by atoms with Gasteiger partial charge in [0.15, 0.2) is 5.82 Å². The molecule has 0 spiro atoms. The van der Waals surface area contributed by atoms with Gasteiger partial charge in [-0.05, 0) is 12.1 Å². The number of halogens is 2. The van der Waals surface area contributed by atoms with Gasteiger partial charge >= 0.3 is 5.97 Å². The summed E-state index contributed by atoms with van der Waals surface area (Å²) in [5.41, 5.74) is -0.398. The van der Waals surface area contributed by atoms with Crippen LogP contribution in [0, 0.1) is 0 Å². The van der Waals surface area contributed by atoms with E-state index in [1.54, 1.807) is 13.2 Å². The van der Waals surface area contributed by atoms with E-state index in [1.807, 2.05) is 0 Å². The zero-order valence-electron chi connectivity index (χ0n) is 10.5. The molecule has 0 aliphatic rings. The fourth-order valence-corrected chi connectivity index (χ4v) is 3.48. The molecule has 21 heavy (non-hydrogen) atoms. The van der Waals surface area contributed by atoms with Crippen LogP contribution < -0.4 is 4.72 Å². The van der Waals surface area contributed by atoms with Crippen LogP contribution in [-0.2, 0) is 17.1 Å². The molecule has 0 atom stereocenters. The van der Waals surface area contributed by atoms with Gasteiger partial charge in [-0.1, -0.05) is 23.2 Å². The predicted octanol–water partition coefficient (Wildman–Crippen LogP) is 2.23. The van der Waals surface area contributed by atoms with E-state index in [4.69, 9.17) is 28.3 Å². The fourth-order valence-electron chi connectivity index (χ4n) is 1.58. The summed E-state index contributed by atoms with van der Waals surface area (Å²) in [6.07, 6.45) is 1.54. The maximum Gasteiger partial charge on any atom is 0.337 e. The molecule has 0 radical (unpaired) electrons. The minimum atomic E-state index is -4.11. The summed E-state index contributed by atoms with van der Waals surface area (Å²) in [5, 5.41) is 12.4. The summed E-state index contributed by atoms with van der Waals surface area (Å²) in [7, 11) is -2.50. The zero-order chi connectivity index (χ0) is 15.8. The molecule has 112 valence electrons. The van der Waals surface area contributed by atoms with Crippen LogP contribution in [0.4, 0.5) is 5.82 Å². The molecule has 10 heteroatoms. The van der Waals surface area contributed by atoms with Gasteiger partial charge in [0, 0.05) is 24.3 Å². The molecule has 0 saturated carbocycles. The van der Waals surface area contributed by atoms with Gasteiger partial charge in [-0.3, -0.25) is 9.40 Å². The molecule has 2 rings (SSSR count). The molecule has 1 aromatic heterocycles. The first kappa shape index (κ1) is 15.6. The maximum atomic E-state index is 12.3. The number of aromatic carboxylic acids is 1. The lowest BCUT2D eigenvalue weighted by molar-refractivity contribution is 0.0697. The van der Waals surface area contributed by atoms with E-state index in [0.717, 1.165) is 12.1 Å². The molecule has 1 heterocycles. The van der Waals surface area contributed by atoms with E-state index >= 15 is 0 Å². The number of nitrogens with one attached hydrogen (secondary N) is 1. The Balaban J connectivity index is 2.52. The molecular formula is C11H9Cl2N3O4S. The number of carboxylic acids is 1. The Morgan fingerprint density at radius 2 is 2.05 bits per heavy atom. The number of rotatable bonds is 4. The highest BCUT2D eigenvalue weighted by molar-refractivity contribution is 7.92. The van der Waals surface area contributed by atoms with E-state index in [2.05, 4.69) is 9.82 Å². The molecule has 0 unspecified atom stereocenters. The Kier molecular flexibility index (Phi) is 4.13. The number of benzene rings is 1. The number of carboxylic acid groups (broad SMARTS) is 1. The Morgan fingerprint density at radius 3 is 2.57 bits per heavy atom. The smallest absolute Gasteiger partial charge is 0.337 e. The molecule has 1 aromatic carbocycles. The third-order valence-corrected chi connectivity index (χ3v) is 4.59. The van der Waals surface area contributed by atoms with Crippen LogP contribution in [0.1, 0.15) is 10.4 Å². The summed E-state index contributed by atoms with van der Waals surface area (Å²) in [5.74, 6) is -1.30. The first-order valence-electron chi connectivity index (χ1n) is 5.45. The largest absolute Gasteiger partial charge is 0.478 e. The quantitative estimate of drug-likeness (QED) is 0.881. The first-order chi connectivity index (χ1) is 9.70. The number of aromatic nitrogens is 2. The molecule has 7 nitrogen and oxygen atoms in total. The Labute approximate surface area is 130 Å². The second-order valence-electron chi connectivity index (χ2n) is 4.05. The van der Waals surface area contributed by atoms with Gasteiger partial charge in [0.25, 0.3) is 10.0 Å². The van der Waals surface area contributed by atoms with Gasteiger partial charge in [-0.25, -0.2) is 13.2 Å². The van der Waals surface area contributed by atoms with E-state index in [1.165, 1.54) is 10.7 Å². The molecular weight excluding hydrogens is 341 g/mol. The molecule has 0 aliphatic carbocycles. The summed E-state index contributed by atoms with van der Waals surface area (Å²) < 4.78 is 28.1. The van der Waals surface area contributed by atoms with Crippen LogP contribution in [0.2, 0.25) is 10.0 Å². The molecule has 0 saturated heterocycles. The number of hydrogen-bond donors (Lipinski definition) is 2. The van der Waals surface area contributed by atoms with Gasteiger partial charge in [0.2, 0.25) is 0 Å². The van der Waals surface area contributed by atoms with Crippen LogP contribution in [-0.4, -0.2) is 29.3 Å². The molecule has 2 N–H and O–H groups in total. The number of aryl methyl sites for hydroxylation is 1. The predicted molar refractivity (Wildman–Crippen MR) is 77.4 cm³/mol. The lowest BCUT2D eigenvalue weighted by atomic mass is 10.2. The minimum Gasteiger partial charge on any atom is -0.478 e. The molecule has 0 bridgehead atoms. The summed E-state index contributed by atoms with van der Waals surface area (Å²) in [4.78, 5) is 10.6. The molecule has 0 aliphatic heterocycles. The van der Waals surface area contributed by atoms with E-state index in [-0.39, 0.29) is 10.8 Å². The van der Waals surface area contributed by atoms with Gasteiger partial charge in [-0.15, -0.1) is 0 Å². The number of hydrogen-bond acceptors (Lipinski definition) is 4. The monoisotopic (exact) mass is 349 g/mol.